The smallest absolute Gasteiger partial charge is 0.386 e. The zero-order chi connectivity index (χ0) is 17.2. The van der Waals surface area contributed by atoms with Crippen LogP contribution in [0.1, 0.15) is 6.23 Å². The van der Waals surface area contributed by atoms with E-state index >= 15 is 0 Å². The van der Waals surface area contributed by atoms with Crippen LogP contribution in [0.15, 0.2) is 17.1 Å². The van der Waals surface area contributed by atoms with Crippen LogP contribution in [0.2, 0.25) is 0 Å². The molecular formula is C9H14N3O10P. The van der Waals surface area contributed by atoms with E-state index in [1.54, 1.807) is 0 Å². The summed E-state index contributed by atoms with van der Waals surface area (Å²) in [6.07, 6.45) is -4.68. The summed E-state index contributed by atoms with van der Waals surface area (Å²) < 4.78 is 21.6. The number of phosphoric acid groups is 1. The monoisotopic (exact) mass is 355 g/mol. The Morgan fingerprint density at radius 2 is 2.17 bits per heavy atom. The minimum atomic E-state index is -4.98. The standard InChI is InChI=1S/C9H14N3O10P/c10-5-1-2-12(9(14)11-5)8-6(13)7(21-23(16,17)18)4(20-8)3-19-22-15/h1-2,4,6-8,13,15H,3H2,(H2,10,11,14)(H2,16,17,18)/t4-,6-,7-,8-/m1/s1. The van der Waals surface area contributed by atoms with Gasteiger partial charge in [0.1, 0.15) is 30.7 Å². The lowest BCUT2D eigenvalue weighted by atomic mass is 10.1. The molecule has 130 valence electrons. The van der Waals surface area contributed by atoms with E-state index in [-0.39, 0.29) is 5.82 Å². The number of nitrogen functional groups attached to an aromatic ring is 1. The van der Waals surface area contributed by atoms with Gasteiger partial charge in [-0.15, -0.1) is 0 Å². The van der Waals surface area contributed by atoms with Gasteiger partial charge in [-0.2, -0.15) is 4.98 Å². The van der Waals surface area contributed by atoms with Crippen molar-refractivity contribution in [3.05, 3.63) is 22.7 Å². The van der Waals surface area contributed by atoms with E-state index in [0.717, 1.165) is 4.57 Å². The van der Waals surface area contributed by atoms with Gasteiger partial charge in [-0.3, -0.25) is 9.09 Å². The molecule has 1 aliphatic rings. The van der Waals surface area contributed by atoms with Crippen LogP contribution in [0.25, 0.3) is 0 Å². The molecule has 0 unspecified atom stereocenters. The number of hydrogen-bond donors (Lipinski definition) is 5. The second-order valence-electron chi connectivity index (χ2n) is 4.52. The van der Waals surface area contributed by atoms with Crippen LogP contribution in [-0.2, 0) is 23.8 Å². The van der Waals surface area contributed by atoms with Crippen molar-refractivity contribution in [2.24, 2.45) is 0 Å². The van der Waals surface area contributed by atoms with Gasteiger partial charge in [0, 0.05) is 6.20 Å². The average molecular weight is 355 g/mol. The van der Waals surface area contributed by atoms with Gasteiger partial charge in [0.2, 0.25) is 0 Å². The van der Waals surface area contributed by atoms with Crippen molar-refractivity contribution in [1.29, 1.82) is 0 Å². The zero-order valence-corrected chi connectivity index (χ0v) is 12.2. The van der Waals surface area contributed by atoms with Gasteiger partial charge >= 0.3 is 13.5 Å². The van der Waals surface area contributed by atoms with Crippen molar-refractivity contribution in [2.45, 2.75) is 24.5 Å². The van der Waals surface area contributed by atoms with E-state index in [4.69, 9.17) is 25.5 Å². The number of aliphatic hydroxyl groups excluding tert-OH is 1. The highest BCUT2D eigenvalue weighted by atomic mass is 31.2. The Kier molecular flexibility index (Phi) is 5.46. The second kappa shape index (κ2) is 7.00. The normalized spacial score (nSPS) is 28.2. The molecule has 2 rings (SSSR count). The van der Waals surface area contributed by atoms with Gasteiger partial charge in [0.05, 0.1) is 0 Å². The molecular weight excluding hydrogens is 341 g/mol. The van der Waals surface area contributed by atoms with E-state index in [0.29, 0.717) is 0 Å². The van der Waals surface area contributed by atoms with Crippen LogP contribution in [0, 0.1) is 0 Å². The van der Waals surface area contributed by atoms with Gasteiger partial charge in [-0.1, -0.05) is 5.04 Å². The first-order valence-electron chi connectivity index (χ1n) is 6.08. The Morgan fingerprint density at radius 1 is 1.48 bits per heavy atom. The molecule has 0 spiro atoms. The molecule has 23 heavy (non-hydrogen) atoms. The van der Waals surface area contributed by atoms with E-state index in [1.165, 1.54) is 12.3 Å². The largest absolute Gasteiger partial charge is 0.470 e. The SMILES string of the molecule is Nc1ccn([C@@H]2O[C@H](COOO)[C@@H](OP(=O)(O)O)[C@H]2O)c(=O)n1. The molecule has 6 N–H and O–H groups in total. The van der Waals surface area contributed by atoms with Crippen LogP contribution in [0.4, 0.5) is 5.82 Å². The van der Waals surface area contributed by atoms with Gasteiger partial charge in [-0.05, 0) is 6.07 Å². The maximum absolute atomic E-state index is 11.8. The van der Waals surface area contributed by atoms with Gasteiger partial charge < -0.3 is 25.4 Å². The zero-order valence-electron chi connectivity index (χ0n) is 11.3. The number of rotatable bonds is 6. The summed E-state index contributed by atoms with van der Waals surface area (Å²) in [4.78, 5) is 37.2. The summed E-state index contributed by atoms with van der Waals surface area (Å²) in [5, 5.41) is 21.7. The van der Waals surface area contributed by atoms with Crippen molar-refractivity contribution >= 4 is 13.6 Å². The Labute approximate surface area is 127 Å². The quantitative estimate of drug-likeness (QED) is 0.214. The number of nitrogens with zero attached hydrogens (tertiary/aromatic N) is 2. The molecule has 1 aromatic heterocycles. The molecule has 1 fully saturated rings. The lowest BCUT2D eigenvalue weighted by Crippen LogP contribution is -2.37. The first-order chi connectivity index (χ1) is 10.7. The number of phosphoric ester groups is 1. The minimum Gasteiger partial charge on any atom is -0.386 e. The fourth-order valence-electron chi connectivity index (χ4n) is 2.09. The number of hydrogen-bond acceptors (Lipinski definition) is 10. The summed E-state index contributed by atoms with van der Waals surface area (Å²) in [6, 6.07) is 1.26. The third-order valence-electron chi connectivity index (χ3n) is 2.98. The third kappa shape index (κ3) is 4.32. The fourth-order valence-corrected chi connectivity index (χ4v) is 2.67. The molecule has 0 radical (unpaired) electrons. The van der Waals surface area contributed by atoms with E-state index in [1.807, 2.05) is 0 Å². The first kappa shape index (κ1) is 17.9. The summed E-state index contributed by atoms with van der Waals surface area (Å²) in [5.41, 5.74) is 4.49. The highest BCUT2D eigenvalue weighted by Gasteiger charge is 2.48. The third-order valence-corrected chi connectivity index (χ3v) is 3.50. The van der Waals surface area contributed by atoms with Crippen LogP contribution in [-0.4, -0.2) is 54.6 Å². The fraction of sp³-hybridized carbons (Fsp3) is 0.556. The van der Waals surface area contributed by atoms with Crippen LogP contribution < -0.4 is 11.4 Å². The van der Waals surface area contributed by atoms with Crippen molar-refractivity contribution in [3.8, 4) is 0 Å². The average Bonchev–Trinajstić information content (AvgIpc) is 2.72. The van der Waals surface area contributed by atoms with Crippen molar-refractivity contribution in [1.82, 2.24) is 9.55 Å². The molecule has 14 heteroatoms. The Morgan fingerprint density at radius 3 is 2.74 bits per heavy atom. The molecule has 0 amide bonds. The Hall–Kier alpha value is -1.41. The molecule has 13 nitrogen and oxygen atoms in total. The first-order valence-corrected chi connectivity index (χ1v) is 7.61. The molecule has 0 bridgehead atoms. The predicted molar refractivity (Wildman–Crippen MR) is 69.4 cm³/mol. The molecule has 0 saturated carbocycles. The van der Waals surface area contributed by atoms with Gasteiger partial charge in [0.25, 0.3) is 0 Å². The molecule has 1 aliphatic heterocycles. The molecule has 1 saturated heterocycles. The van der Waals surface area contributed by atoms with Crippen molar-refractivity contribution < 1.29 is 43.9 Å². The topological polar surface area (TPSA) is 196 Å². The molecule has 1 aromatic rings. The Bertz CT molecular complexity index is 647. The van der Waals surface area contributed by atoms with Crippen LogP contribution in [0.3, 0.4) is 0 Å². The number of nitrogens with two attached hydrogens (primary N) is 1. The minimum absolute atomic E-state index is 0.0599. The highest BCUT2D eigenvalue weighted by molar-refractivity contribution is 7.46. The lowest BCUT2D eigenvalue weighted by molar-refractivity contribution is -0.495. The maximum Gasteiger partial charge on any atom is 0.470 e. The van der Waals surface area contributed by atoms with Crippen LogP contribution >= 0.6 is 7.82 Å². The molecule has 4 atom stereocenters. The Balaban J connectivity index is 2.28. The van der Waals surface area contributed by atoms with Gasteiger partial charge in [-0.25, -0.2) is 19.5 Å². The molecule has 2 heterocycles. The number of aliphatic hydroxyl groups is 1. The number of aromatic nitrogens is 2. The number of anilines is 1. The van der Waals surface area contributed by atoms with Gasteiger partial charge in [0.15, 0.2) is 6.23 Å². The summed E-state index contributed by atoms with van der Waals surface area (Å²) in [5.74, 6) is -0.0599. The summed E-state index contributed by atoms with van der Waals surface area (Å²) >= 11 is 0. The summed E-state index contributed by atoms with van der Waals surface area (Å²) in [7, 11) is -4.98. The van der Waals surface area contributed by atoms with E-state index in [9.17, 15) is 14.5 Å². The van der Waals surface area contributed by atoms with E-state index in [2.05, 4.69) is 19.4 Å². The second-order valence-corrected chi connectivity index (χ2v) is 5.71. The predicted octanol–water partition coefficient (Wildman–Crippen LogP) is -2.02. The summed E-state index contributed by atoms with van der Waals surface area (Å²) in [6.45, 7) is -0.550. The van der Waals surface area contributed by atoms with Crippen molar-refractivity contribution in [3.63, 3.8) is 0 Å². The molecule has 0 aliphatic carbocycles. The van der Waals surface area contributed by atoms with E-state index < -0.39 is 44.7 Å². The number of ether oxygens (including phenoxy) is 1. The molecule has 0 aromatic carbocycles. The van der Waals surface area contributed by atoms with Crippen LogP contribution in [0.5, 0.6) is 0 Å². The van der Waals surface area contributed by atoms with Crippen molar-refractivity contribution in [2.75, 3.05) is 12.3 Å². The highest BCUT2D eigenvalue weighted by Crippen LogP contribution is 2.43. The maximum atomic E-state index is 11.8. The lowest BCUT2D eigenvalue weighted by Gasteiger charge is -2.20.